The highest BCUT2D eigenvalue weighted by atomic mass is 16.3. The average molecular weight is 292 g/mol. The Bertz CT molecular complexity index is 483. The Kier molecular flexibility index (Phi) is 5.04. The molecule has 0 aromatic carbocycles. The van der Waals surface area contributed by atoms with Gasteiger partial charge < -0.3 is 15.3 Å². The zero-order chi connectivity index (χ0) is 15.5. The topological polar surface area (TPSA) is 61.3 Å². The third-order valence-corrected chi connectivity index (χ3v) is 4.30. The maximum Gasteiger partial charge on any atom is 0.137 e. The molecule has 0 unspecified atom stereocenters. The van der Waals surface area contributed by atoms with Crippen LogP contribution in [0.4, 0.5) is 11.6 Å². The minimum Gasteiger partial charge on any atom is -0.388 e. The van der Waals surface area contributed by atoms with Crippen LogP contribution in [-0.2, 0) is 6.42 Å². The van der Waals surface area contributed by atoms with E-state index in [1.807, 2.05) is 21.0 Å². The summed E-state index contributed by atoms with van der Waals surface area (Å²) < 4.78 is 0. The molecule has 0 amide bonds. The second-order valence-electron chi connectivity index (χ2n) is 6.22. The summed E-state index contributed by atoms with van der Waals surface area (Å²) in [6.07, 6.45) is 5.93. The number of aliphatic hydroxyl groups is 1. The number of likely N-dealkylation sites (N-methyl/N-ethyl adjacent to an activating group) is 1. The lowest BCUT2D eigenvalue weighted by Gasteiger charge is -2.30. The van der Waals surface area contributed by atoms with Gasteiger partial charge in [-0.15, -0.1) is 0 Å². The maximum absolute atomic E-state index is 10.6. The van der Waals surface area contributed by atoms with Crippen LogP contribution in [0.3, 0.4) is 0 Å². The lowest BCUT2D eigenvalue weighted by molar-refractivity contribution is 0.0557. The zero-order valence-electron chi connectivity index (χ0n) is 13.7. The first-order valence-electron chi connectivity index (χ1n) is 7.98. The first-order chi connectivity index (χ1) is 9.99. The van der Waals surface area contributed by atoms with Gasteiger partial charge in [0, 0.05) is 32.6 Å². The Balaban J connectivity index is 2.25. The second kappa shape index (κ2) is 6.60. The molecule has 1 heterocycles. The minimum atomic E-state index is -0.559. The quantitative estimate of drug-likeness (QED) is 0.843. The van der Waals surface area contributed by atoms with E-state index in [9.17, 15) is 5.11 Å². The molecule has 2 N–H and O–H groups in total. The van der Waals surface area contributed by atoms with E-state index in [2.05, 4.69) is 22.1 Å². The van der Waals surface area contributed by atoms with E-state index in [0.29, 0.717) is 6.54 Å². The van der Waals surface area contributed by atoms with Crippen molar-refractivity contribution in [3.63, 3.8) is 0 Å². The number of rotatable bonds is 6. The zero-order valence-corrected chi connectivity index (χ0v) is 13.7. The van der Waals surface area contributed by atoms with Crippen LogP contribution in [0, 0.1) is 6.92 Å². The van der Waals surface area contributed by atoms with E-state index in [0.717, 1.165) is 61.5 Å². The summed E-state index contributed by atoms with van der Waals surface area (Å²) in [5.74, 6) is 2.68. The van der Waals surface area contributed by atoms with Gasteiger partial charge in [-0.05, 0) is 26.2 Å². The van der Waals surface area contributed by atoms with Crippen molar-refractivity contribution in [3.05, 3.63) is 11.4 Å². The molecule has 1 fully saturated rings. The SMILES string of the molecule is CCCc1nc(NC)c(C)c(N(C)CC2(O)CCCC2)n1. The van der Waals surface area contributed by atoms with E-state index in [4.69, 9.17) is 4.98 Å². The fraction of sp³-hybridized carbons (Fsp3) is 0.750. The third kappa shape index (κ3) is 3.64. The monoisotopic (exact) mass is 292 g/mol. The molecule has 5 nitrogen and oxygen atoms in total. The van der Waals surface area contributed by atoms with Crippen molar-refractivity contribution in [2.45, 2.75) is 58.0 Å². The van der Waals surface area contributed by atoms with Crippen molar-refractivity contribution in [2.24, 2.45) is 0 Å². The van der Waals surface area contributed by atoms with Crippen LogP contribution in [0.1, 0.15) is 50.4 Å². The van der Waals surface area contributed by atoms with Crippen LogP contribution in [0.5, 0.6) is 0 Å². The summed E-state index contributed by atoms with van der Waals surface area (Å²) >= 11 is 0. The number of hydrogen-bond acceptors (Lipinski definition) is 5. The van der Waals surface area contributed by atoms with Gasteiger partial charge in [0.05, 0.1) is 5.60 Å². The highest BCUT2D eigenvalue weighted by molar-refractivity contribution is 5.58. The van der Waals surface area contributed by atoms with Gasteiger partial charge in [0.2, 0.25) is 0 Å². The van der Waals surface area contributed by atoms with Crippen LogP contribution in [0.15, 0.2) is 0 Å². The molecule has 0 saturated heterocycles. The molecular formula is C16H28N4O. The predicted octanol–water partition coefficient (Wildman–Crippen LogP) is 2.52. The molecule has 1 aromatic heterocycles. The number of hydrogen-bond donors (Lipinski definition) is 2. The molecule has 1 aromatic rings. The molecule has 1 aliphatic carbocycles. The van der Waals surface area contributed by atoms with Crippen LogP contribution < -0.4 is 10.2 Å². The number of nitrogens with zero attached hydrogens (tertiary/aromatic N) is 3. The molecule has 5 heteroatoms. The molecule has 0 bridgehead atoms. The van der Waals surface area contributed by atoms with Crippen LogP contribution in [0.2, 0.25) is 0 Å². The van der Waals surface area contributed by atoms with Gasteiger partial charge in [0.1, 0.15) is 17.5 Å². The normalized spacial score (nSPS) is 17.0. The van der Waals surface area contributed by atoms with Crippen molar-refractivity contribution in [1.29, 1.82) is 0 Å². The Hall–Kier alpha value is -1.36. The number of aromatic nitrogens is 2. The highest BCUT2D eigenvalue weighted by Crippen LogP contribution is 2.32. The van der Waals surface area contributed by atoms with E-state index in [1.165, 1.54) is 0 Å². The van der Waals surface area contributed by atoms with Crippen molar-refractivity contribution >= 4 is 11.6 Å². The van der Waals surface area contributed by atoms with Crippen molar-refractivity contribution in [2.75, 3.05) is 30.9 Å². The number of nitrogens with one attached hydrogen (secondary N) is 1. The van der Waals surface area contributed by atoms with E-state index in [-0.39, 0.29) is 0 Å². The van der Waals surface area contributed by atoms with Gasteiger partial charge in [0.25, 0.3) is 0 Å². The smallest absolute Gasteiger partial charge is 0.137 e. The summed E-state index contributed by atoms with van der Waals surface area (Å²) in [4.78, 5) is 11.4. The largest absolute Gasteiger partial charge is 0.388 e. The standard InChI is InChI=1S/C16H28N4O/c1-5-8-13-18-14(17-3)12(2)15(19-13)20(4)11-16(21)9-6-7-10-16/h21H,5-11H2,1-4H3,(H,17,18,19). The summed E-state index contributed by atoms with van der Waals surface area (Å²) in [6.45, 7) is 4.80. The van der Waals surface area contributed by atoms with Crippen LogP contribution in [-0.4, -0.2) is 41.3 Å². The summed E-state index contributed by atoms with van der Waals surface area (Å²) in [5, 5.41) is 13.8. The van der Waals surface area contributed by atoms with Gasteiger partial charge in [0.15, 0.2) is 0 Å². The summed E-state index contributed by atoms with van der Waals surface area (Å²) in [5.41, 5.74) is 0.484. The molecular weight excluding hydrogens is 264 g/mol. The van der Waals surface area contributed by atoms with Crippen LogP contribution in [0.25, 0.3) is 0 Å². The van der Waals surface area contributed by atoms with Gasteiger partial charge in [-0.1, -0.05) is 19.8 Å². The molecule has 0 spiro atoms. The maximum atomic E-state index is 10.6. The number of anilines is 2. The van der Waals surface area contributed by atoms with E-state index >= 15 is 0 Å². The average Bonchev–Trinajstić information content (AvgIpc) is 2.87. The first kappa shape index (κ1) is 16.0. The molecule has 0 radical (unpaired) electrons. The highest BCUT2D eigenvalue weighted by Gasteiger charge is 2.33. The Morgan fingerprint density at radius 3 is 2.52 bits per heavy atom. The molecule has 1 aliphatic rings. The van der Waals surface area contributed by atoms with Crippen molar-refractivity contribution in [1.82, 2.24) is 9.97 Å². The lowest BCUT2D eigenvalue weighted by Crippen LogP contribution is -2.40. The van der Waals surface area contributed by atoms with Crippen molar-refractivity contribution < 1.29 is 5.11 Å². The van der Waals surface area contributed by atoms with Gasteiger partial charge >= 0.3 is 0 Å². The van der Waals surface area contributed by atoms with Crippen molar-refractivity contribution in [3.8, 4) is 0 Å². The summed E-state index contributed by atoms with van der Waals surface area (Å²) in [7, 11) is 3.90. The van der Waals surface area contributed by atoms with Gasteiger partial charge in [-0.3, -0.25) is 0 Å². The molecule has 1 saturated carbocycles. The molecule has 0 aliphatic heterocycles. The first-order valence-corrected chi connectivity index (χ1v) is 7.98. The Morgan fingerprint density at radius 2 is 1.95 bits per heavy atom. The minimum absolute atomic E-state index is 0.559. The van der Waals surface area contributed by atoms with E-state index in [1.54, 1.807) is 0 Å². The molecule has 0 atom stereocenters. The van der Waals surface area contributed by atoms with Gasteiger partial charge in [-0.2, -0.15) is 0 Å². The lowest BCUT2D eigenvalue weighted by atomic mass is 10.0. The number of aryl methyl sites for hydroxylation is 1. The Labute approximate surface area is 127 Å². The Morgan fingerprint density at radius 1 is 1.29 bits per heavy atom. The summed E-state index contributed by atoms with van der Waals surface area (Å²) in [6, 6.07) is 0. The third-order valence-electron chi connectivity index (χ3n) is 4.30. The van der Waals surface area contributed by atoms with Crippen LogP contribution >= 0.6 is 0 Å². The molecule has 118 valence electrons. The van der Waals surface area contributed by atoms with E-state index < -0.39 is 5.60 Å². The fourth-order valence-electron chi connectivity index (χ4n) is 3.21. The van der Waals surface area contributed by atoms with Gasteiger partial charge in [-0.25, -0.2) is 9.97 Å². The second-order valence-corrected chi connectivity index (χ2v) is 6.22. The predicted molar refractivity (Wildman–Crippen MR) is 87.0 cm³/mol. The molecule has 21 heavy (non-hydrogen) atoms. The molecule has 2 rings (SSSR count). The fourth-order valence-corrected chi connectivity index (χ4v) is 3.21.